The van der Waals surface area contributed by atoms with Crippen molar-refractivity contribution in [3.05, 3.63) is 63.9 Å². The number of rotatable bonds is 5. The highest BCUT2D eigenvalue weighted by atomic mass is 79.9. The summed E-state index contributed by atoms with van der Waals surface area (Å²) >= 11 is 4.10. The number of hydrogen-bond donors (Lipinski definition) is 2. The van der Waals surface area contributed by atoms with Crippen LogP contribution in [-0.2, 0) is 16.0 Å². The second-order valence-corrected chi connectivity index (χ2v) is 8.14. The van der Waals surface area contributed by atoms with Gasteiger partial charge < -0.3 is 9.79 Å². The number of benzene rings is 2. The van der Waals surface area contributed by atoms with Gasteiger partial charge in [0.1, 0.15) is 5.82 Å². The molecule has 2 aromatic carbocycles. The fraction of sp³-hybridized carbons (Fsp3) is 0.143. The van der Waals surface area contributed by atoms with Crippen molar-refractivity contribution in [2.24, 2.45) is 0 Å². The van der Waals surface area contributed by atoms with Gasteiger partial charge in [-0.1, -0.05) is 40.2 Å². The molecule has 0 aromatic heterocycles. The minimum Gasteiger partial charge on any atom is -0.320 e. The maximum absolute atomic E-state index is 13.7. The average molecular weight is 427 g/mol. The summed E-state index contributed by atoms with van der Waals surface area (Å²) in [7, 11) is -5.62. The Balaban J connectivity index is 2.20. The molecule has 0 aliphatic heterocycles. The van der Waals surface area contributed by atoms with Crippen molar-refractivity contribution in [2.75, 3.05) is 0 Å². The molecule has 2 rings (SSSR count). The van der Waals surface area contributed by atoms with E-state index in [9.17, 15) is 17.7 Å². The van der Waals surface area contributed by atoms with Crippen molar-refractivity contribution in [1.82, 2.24) is 0 Å². The van der Waals surface area contributed by atoms with Crippen LogP contribution < -0.4 is 0 Å². The van der Waals surface area contributed by atoms with Gasteiger partial charge >= 0.3 is 13.3 Å². The minimum absolute atomic E-state index is 0.113. The van der Waals surface area contributed by atoms with E-state index in [0.29, 0.717) is 16.2 Å². The first-order valence-electron chi connectivity index (χ1n) is 6.22. The van der Waals surface area contributed by atoms with E-state index in [0.717, 1.165) is 6.07 Å². The Labute approximate surface area is 143 Å². The highest BCUT2D eigenvalue weighted by Crippen LogP contribution is 2.60. The van der Waals surface area contributed by atoms with E-state index >= 15 is 0 Å². The Morgan fingerprint density at radius 1 is 1.17 bits per heavy atom. The van der Waals surface area contributed by atoms with Gasteiger partial charge in [0.25, 0.3) is 0 Å². The standard InChI is InChI=1S/C14H11BrF3O3PS/c15-11-7-9(8-23-13-4-2-1-3-12(13)16)5-6-10(11)14(17,18)22(19,20)21/h1-7H,8H2,(H2,19,20,21). The lowest BCUT2D eigenvalue weighted by atomic mass is 10.1. The number of thioether (sulfide) groups is 1. The van der Waals surface area contributed by atoms with E-state index in [2.05, 4.69) is 15.9 Å². The first kappa shape index (κ1) is 18.5. The largest absolute Gasteiger partial charge is 0.399 e. The molecule has 0 saturated heterocycles. The molecule has 2 N–H and O–H groups in total. The molecule has 0 bridgehead atoms. The SMILES string of the molecule is O=P(O)(O)C(F)(F)c1ccc(CSc2ccccc2F)cc1Br. The lowest BCUT2D eigenvalue weighted by Gasteiger charge is -2.19. The van der Waals surface area contributed by atoms with Crippen LogP contribution in [-0.4, -0.2) is 9.79 Å². The van der Waals surface area contributed by atoms with Crippen molar-refractivity contribution in [3.8, 4) is 0 Å². The van der Waals surface area contributed by atoms with E-state index in [1.54, 1.807) is 18.2 Å². The van der Waals surface area contributed by atoms with Gasteiger partial charge in [0.2, 0.25) is 0 Å². The molecular formula is C14H11BrF3O3PS. The summed E-state index contributed by atoms with van der Waals surface area (Å²) < 4.78 is 51.7. The quantitative estimate of drug-likeness (QED) is 0.515. The van der Waals surface area contributed by atoms with Gasteiger partial charge in [0.05, 0.1) is 0 Å². The van der Waals surface area contributed by atoms with E-state index in [-0.39, 0.29) is 10.3 Å². The van der Waals surface area contributed by atoms with Gasteiger partial charge in [0.15, 0.2) is 0 Å². The van der Waals surface area contributed by atoms with Crippen LogP contribution in [0.15, 0.2) is 51.8 Å². The van der Waals surface area contributed by atoms with Gasteiger partial charge in [-0.05, 0) is 23.8 Å². The van der Waals surface area contributed by atoms with E-state index in [1.165, 1.54) is 30.0 Å². The van der Waals surface area contributed by atoms with E-state index in [1.807, 2.05) is 0 Å². The molecule has 0 saturated carbocycles. The summed E-state index contributed by atoms with van der Waals surface area (Å²) in [6.07, 6.45) is 0. The molecule has 9 heteroatoms. The van der Waals surface area contributed by atoms with Crippen LogP contribution >= 0.6 is 35.3 Å². The molecule has 0 aliphatic rings. The van der Waals surface area contributed by atoms with Crippen molar-refractivity contribution >= 4 is 35.3 Å². The van der Waals surface area contributed by atoms with Crippen LogP contribution in [0.4, 0.5) is 13.2 Å². The minimum atomic E-state index is -5.62. The average Bonchev–Trinajstić information content (AvgIpc) is 2.45. The topological polar surface area (TPSA) is 57.5 Å². The first-order chi connectivity index (χ1) is 10.6. The smallest absolute Gasteiger partial charge is 0.320 e. The zero-order valence-corrected chi connectivity index (χ0v) is 14.7. The molecule has 0 heterocycles. The highest BCUT2D eigenvalue weighted by molar-refractivity contribution is 9.10. The Morgan fingerprint density at radius 3 is 2.39 bits per heavy atom. The van der Waals surface area contributed by atoms with Gasteiger partial charge in [-0.25, -0.2) is 4.39 Å². The maximum atomic E-state index is 13.7. The predicted octanol–water partition coefficient (Wildman–Crippen LogP) is 5.11. The fourth-order valence-electron chi connectivity index (χ4n) is 1.77. The summed E-state index contributed by atoms with van der Waals surface area (Å²) in [5, 5.41) is 0. The molecule has 0 unspecified atom stereocenters. The van der Waals surface area contributed by atoms with Crippen LogP contribution in [0.25, 0.3) is 0 Å². The number of alkyl halides is 2. The van der Waals surface area contributed by atoms with Crippen LogP contribution in [0.1, 0.15) is 11.1 Å². The Bertz CT molecular complexity index is 767. The van der Waals surface area contributed by atoms with E-state index in [4.69, 9.17) is 9.79 Å². The molecule has 0 spiro atoms. The highest BCUT2D eigenvalue weighted by Gasteiger charge is 2.51. The third-order valence-electron chi connectivity index (χ3n) is 2.95. The molecular weight excluding hydrogens is 416 g/mol. The predicted molar refractivity (Wildman–Crippen MR) is 86.0 cm³/mol. The van der Waals surface area contributed by atoms with Crippen LogP contribution in [0.2, 0.25) is 0 Å². The summed E-state index contributed by atoms with van der Waals surface area (Å²) in [5.74, 6) is -0.0531. The van der Waals surface area contributed by atoms with Crippen molar-refractivity contribution in [1.29, 1.82) is 0 Å². The second-order valence-electron chi connectivity index (χ2n) is 4.62. The third kappa shape index (κ3) is 4.19. The molecule has 23 heavy (non-hydrogen) atoms. The Hall–Kier alpha value is -0.790. The van der Waals surface area contributed by atoms with Crippen molar-refractivity contribution in [2.45, 2.75) is 16.3 Å². The van der Waals surface area contributed by atoms with Crippen LogP contribution in [0.3, 0.4) is 0 Å². The van der Waals surface area contributed by atoms with E-state index < -0.39 is 18.8 Å². The molecule has 0 fully saturated rings. The van der Waals surface area contributed by atoms with Gasteiger partial charge in [-0.15, -0.1) is 11.8 Å². The van der Waals surface area contributed by atoms with Crippen molar-refractivity contribution < 1.29 is 27.5 Å². The normalized spacial score (nSPS) is 12.4. The molecule has 124 valence electrons. The third-order valence-corrected chi connectivity index (χ3v) is 5.70. The first-order valence-corrected chi connectivity index (χ1v) is 9.61. The fourth-order valence-corrected chi connectivity index (χ4v) is 3.99. The molecule has 2 aromatic rings. The molecule has 3 nitrogen and oxygen atoms in total. The number of halogens is 4. The van der Waals surface area contributed by atoms with Crippen LogP contribution in [0.5, 0.6) is 0 Å². The summed E-state index contributed by atoms with van der Waals surface area (Å²) in [6, 6.07) is 9.80. The zero-order valence-electron chi connectivity index (χ0n) is 11.4. The zero-order chi connectivity index (χ0) is 17.3. The lowest BCUT2D eigenvalue weighted by Crippen LogP contribution is -2.14. The Kier molecular flexibility index (Phi) is 5.63. The maximum Gasteiger partial charge on any atom is 0.399 e. The van der Waals surface area contributed by atoms with Gasteiger partial charge in [-0.2, -0.15) is 8.78 Å². The lowest BCUT2D eigenvalue weighted by molar-refractivity contribution is 0.0557. The molecule has 0 aliphatic carbocycles. The molecule has 0 amide bonds. The second kappa shape index (κ2) is 6.99. The monoisotopic (exact) mass is 426 g/mol. The molecule has 0 atom stereocenters. The van der Waals surface area contributed by atoms with Crippen molar-refractivity contribution in [3.63, 3.8) is 0 Å². The van der Waals surface area contributed by atoms with Gasteiger partial charge in [-0.3, -0.25) is 4.57 Å². The summed E-state index contributed by atoms with van der Waals surface area (Å²) in [4.78, 5) is 18.0. The summed E-state index contributed by atoms with van der Waals surface area (Å²) in [5.41, 5.74) is -4.45. The number of hydrogen-bond acceptors (Lipinski definition) is 2. The Morgan fingerprint density at radius 2 is 1.83 bits per heavy atom. The van der Waals surface area contributed by atoms with Crippen LogP contribution in [0, 0.1) is 5.82 Å². The van der Waals surface area contributed by atoms with Gasteiger partial charge in [0, 0.05) is 20.7 Å². The summed E-state index contributed by atoms with van der Waals surface area (Å²) in [6.45, 7) is 0. The molecule has 0 radical (unpaired) electrons.